The van der Waals surface area contributed by atoms with E-state index in [1.165, 1.54) is 0 Å². The van der Waals surface area contributed by atoms with E-state index in [1.807, 2.05) is 6.20 Å². The third kappa shape index (κ3) is 2.77. The van der Waals surface area contributed by atoms with Gasteiger partial charge in [0.05, 0.1) is 28.3 Å². The Morgan fingerprint density at radius 3 is 2.78 bits per heavy atom. The summed E-state index contributed by atoms with van der Waals surface area (Å²) in [6.07, 6.45) is 5.08. The van der Waals surface area contributed by atoms with E-state index in [-0.39, 0.29) is 24.8 Å². The van der Waals surface area contributed by atoms with Crippen molar-refractivity contribution in [1.82, 2.24) is 19.6 Å². The average molecular weight is 433 g/mol. The fourth-order valence-corrected chi connectivity index (χ4v) is 4.06. The van der Waals surface area contributed by atoms with E-state index in [0.717, 1.165) is 17.3 Å². The second-order valence-electron chi connectivity index (χ2n) is 6.82. The molecule has 1 aromatic carbocycles. The normalized spacial score (nSPS) is 20.7. The molecule has 0 spiro atoms. The number of carbonyl (C=O) groups excluding carboxylic acids is 2. The van der Waals surface area contributed by atoms with E-state index < -0.39 is 0 Å². The van der Waals surface area contributed by atoms with Gasteiger partial charge in [-0.15, -0.1) is 0 Å². The molecule has 5 rings (SSSR count). The fraction of sp³-hybridized carbons (Fsp3) is 0.389. The number of hydrogen-bond donors (Lipinski definition) is 0. The van der Waals surface area contributed by atoms with Crippen molar-refractivity contribution in [3.05, 3.63) is 40.1 Å². The Bertz CT molecular complexity index is 943. The van der Waals surface area contributed by atoms with Crippen molar-refractivity contribution in [2.75, 3.05) is 19.8 Å². The fourth-order valence-electron chi connectivity index (χ4n) is 3.73. The molecule has 2 aromatic rings. The molecule has 1 saturated heterocycles. The first-order valence-electron chi connectivity index (χ1n) is 8.86. The first-order valence-corrected chi connectivity index (χ1v) is 9.65. The van der Waals surface area contributed by atoms with Crippen molar-refractivity contribution in [3.8, 4) is 11.5 Å². The van der Waals surface area contributed by atoms with Crippen molar-refractivity contribution in [2.24, 2.45) is 0 Å². The summed E-state index contributed by atoms with van der Waals surface area (Å²) in [5.41, 5.74) is 0.899. The number of nitrogens with zero attached hydrogens (tertiary/aromatic N) is 4. The van der Waals surface area contributed by atoms with Gasteiger partial charge in [-0.25, -0.2) is 0 Å². The molecule has 1 atom stereocenters. The van der Waals surface area contributed by atoms with Crippen LogP contribution >= 0.6 is 15.9 Å². The Labute approximate surface area is 163 Å². The van der Waals surface area contributed by atoms with Crippen LogP contribution in [-0.2, 0) is 6.54 Å². The lowest BCUT2D eigenvalue weighted by molar-refractivity contribution is 0.0283. The zero-order valence-electron chi connectivity index (χ0n) is 14.4. The molecule has 0 N–H and O–H groups in total. The number of aromatic nitrogens is 2. The van der Waals surface area contributed by atoms with Crippen LogP contribution in [0.3, 0.4) is 0 Å². The van der Waals surface area contributed by atoms with Crippen molar-refractivity contribution < 1.29 is 19.1 Å². The molecule has 0 radical (unpaired) electrons. The molecule has 1 aromatic heterocycles. The van der Waals surface area contributed by atoms with Crippen molar-refractivity contribution >= 4 is 27.7 Å². The van der Waals surface area contributed by atoms with Crippen LogP contribution in [0.25, 0.3) is 0 Å². The van der Waals surface area contributed by atoms with Gasteiger partial charge in [-0.3, -0.25) is 14.3 Å². The Hall–Kier alpha value is -2.55. The molecular weight excluding hydrogens is 416 g/mol. The van der Waals surface area contributed by atoms with Crippen molar-refractivity contribution in [2.45, 2.75) is 25.6 Å². The first kappa shape index (κ1) is 16.6. The van der Waals surface area contributed by atoms with Crippen molar-refractivity contribution in [1.29, 1.82) is 0 Å². The molecule has 27 heavy (non-hydrogen) atoms. The van der Waals surface area contributed by atoms with Crippen LogP contribution < -0.4 is 9.47 Å². The number of fused-ring (bicyclic) bond motifs is 3. The van der Waals surface area contributed by atoms with E-state index in [0.29, 0.717) is 42.3 Å². The zero-order chi connectivity index (χ0) is 18.5. The molecule has 3 aliphatic rings. The van der Waals surface area contributed by atoms with Gasteiger partial charge in [0.1, 0.15) is 11.5 Å². The number of carbonyl (C=O) groups is 2. The molecule has 2 amide bonds. The van der Waals surface area contributed by atoms with Crippen molar-refractivity contribution in [3.63, 3.8) is 0 Å². The summed E-state index contributed by atoms with van der Waals surface area (Å²) in [5, 5.41) is 4.20. The summed E-state index contributed by atoms with van der Waals surface area (Å²) in [6, 6.07) is 3.29. The Morgan fingerprint density at radius 2 is 1.96 bits per heavy atom. The molecule has 1 fully saturated rings. The zero-order valence-corrected chi connectivity index (χ0v) is 16.0. The molecule has 140 valence electrons. The highest BCUT2D eigenvalue weighted by atomic mass is 79.9. The maximum atomic E-state index is 12.9. The molecule has 0 saturated carbocycles. The molecular formula is C18H17BrN4O4. The minimum atomic E-state index is -0.225. The predicted octanol–water partition coefficient (Wildman–Crippen LogP) is 2.09. The van der Waals surface area contributed by atoms with Crippen LogP contribution in [0.15, 0.2) is 29.0 Å². The number of halogens is 1. The summed E-state index contributed by atoms with van der Waals surface area (Å²) in [4.78, 5) is 28.9. The van der Waals surface area contributed by atoms with Gasteiger partial charge in [0.2, 0.25) is 0 Å². The monoisotopic (exact) mass is 432 g/mol. The Kier molecular flexibility index (Phi) is 3.85. The topological polar surface area (TPSA) is 76.9 Å². The molecule has 1 unspecified atom stereocenters. The molecule has 0 bridgehead atoms. The quantitative estimate of drug-likeness (QED) is 0.741. The number of rotatable bonds is 3. The van der Waals surface area contributed by atoms with Crippen LogP contribution in [0.4, 0.5) is 0 Å². The number of benzene rings is 1. The van der Waals surface area contributed by atoms with Gasteiger partial charge >= 0.3 is 0 Å². The minimum Gasteiger partial charge on any atom is -0.472 e. The van der Waals surface area contributed by atoms with E-state index in [4.69, 9.17) is 9.47 Å². The van der Waals surface area contributed by atoms with Crippen LogP contribution in [-0.4, -0.2) is 57.4 Å². The lowest BCUT2D eigenvalue weighted by Gasteiger charge is -2.34. The largest absolute Gasteiger partial charge is 0.472 e. The number of amides is 2. The highest BCUT2D eigenvalue weighted by Gasteiger charge is 2.39. The smallest absolute Gasteiger partial charge is 0.260 e. The van der Waals surface area contributed by atoms with Crippen LogP contribution in [0.5, 0.6) is 11.5 Å². The minimum absolute atomic E-state index is 0.0516. The highest BCUT2D eigenvalue weighted by Crippen LogP contribution is 2.38. The number of hydrogen-bond acceptors (Lipinski definition) is 5. The van der Waals surface area contributed by atoms with Gasteiger partial charge < -0.3 is 19.3 Å². The average Bonchev–Trinajstić information content (AvgIpc) is 3.29. The highest BCUT2D eigenvalue weighted by molar-refractivity contribution is 9.10. The van der Waals surface area contributed by atoms with Crippen LogP contribution in [0, 0.1) is 0 Å². The summed E-state index contributed by atoms with van der Waals surface area (Å²) in [6.45, 7) is 1.89. The molecule has 3 aliphatic heterocycles. The lowest BCUT2D eigenvalue weighted by Crippen LogP contribution is -2.44. The van der Waals surface area contributed by atoms with E-state index in [2.05, 4.69) is 21.0 Å². The van der Waals surface area contributed by atoms with Gasteiger partial charge in [-0.2, -0.15) is 5.10 Å². The van der Waals surface area contributed by atoms with Gasteiger partial charge in [-0.05, 0) is 34.5 Å². The Balaban J connectivity index is 1.39. The maximum absolute atomic E-state index is 12.9. The van der Waals surface area contributed by atoms with Crippen LogP contribution in [0.2, 0.25) is 0 Å². The van der Waals surface area contributed by atoms with Gasteiger partial charge in [0.25, 0.3) is 11.8 Å². The summed E-state index contributed by atoms with van der Waals surface area (Å²) in [7, 11) is 0. The molecule has 0 aliphatic carbocycles. The first-order chi connectivity index (χ1) is 13.1. The standard InChI is InChI=1S/C18H17BrN4O4/c19-11-8-20-22(9-11)5-4-21-10-26-14-6-13-15(7-12(14)17(21)24)27-16-2-1-3-23(16)18(13)25/h6-9,16H,1-5,10H2. The SMILES string of the molecule is O=C1c2cc3c(cc2OCN1CCn1cc(Br)cn1)C(=O)N1CCCC1O3. The third-order valence-corrected chi connectivity index (χ3v) is 5.54. The lowest BCUT2D eigenvalue weighted by atomic mass is 10.0. The summed E-state index contributed by atoms with van der Waals surface area (Å²) in [5.74, 6) is 0.725. The molecule has 4 heterocycles. The summed E-state index contributed by atoms with van der Waals surface area (Å²) < 4.78 is 14.4. The van der Waals surface area contributed by atoms with Crippen LogP contribution in [0.1, 0.15) is 33.6 Å². The second kappa shape index (κ2) is 6.26. The second-order valence-corrected chi connectivity index (χ2v) is 7.74. The Morgan fingerprint density at radius 1 is 1.15 bits per heavy atom. The summed E-state index contributed by atoms with van der Waals surface area (Å²) >= 11 is 3.36. The maximum Gasteiger partial charge on any atom is 0.260 e. The molecule has 9 heteroatoms. The molecule has 8 nitrogen and oxygen atoms in total. The van der Waals surface area contributed by atoms with Gasteiger partial charge in [-0.1, -0.05) is 0 Å². The van der Waals surface area contributed by atoms with E-state index in [1.54, 1.807) is 32.8 Å². The van der Waals surface area contributed by atoms with E-state index in [9.17, 15) is 9.59 Å². The van der Waals surface area contributed by atoms with Gasteiger partial charge in [0.15, 0.2) is 13.0 Å². The van der Waals surface area contributed by atoms with Gasteiger partial charge in [0, 0.05) is 25.7 Å². The number of ether oxygens (including phenoxy) is 2. The van der Waals surface area contributed by atoms with E-state index >= 15 is 0 Å². The third-order valence-electron chi connectivity index (χ3n) is 5.13. The predicted molar refractivity (Wildman–Crippen MR) is 97.6 cm³/mol.